The summed E-state index contributed by atoms with van der Waals surface area (Å²) < 4.78 is 4.55. The first kappa shape index (κ1) is 11.1. The molecule has 1 amide bonds. The number of ether oxygens (including phenoxy) is 1. The molecule has 0 bridgehead atoms. The summed E-state index contributed by atoms with van der Waals surface area (Å²) in [7, 11) is 1.31. The molecular weight excluding hydrogens is 228 g/mol. The minimum atomic E-state index is -0.433. The third kappa shape index (κ3) is 2.21. The Hall–Kier alpha value is -1.43. The van der Waals surface area contributed by atoms with Crippen LogP contribution in [0.5, 0.6) is 0 Å². The summed E-state index contributed by atoms with van der Waals surface area (Å²) in [6.07, 6.45) is 2.34. The van der Waals surface area contributed by atoms with Crippen LogP contribution in [0.4, 0.5) is 5.13 Å². The first-order valence-electron chi connectivity index (χ1n) is 4.97. The maximum atomic E-state index is 11.6. The van der Waals surface area contributed by atoms with Crippen LogP contribution in [0.2, 0.25) is 0 Å². The van der Waals surface area contributed by atoms with E-state index in [4.69, 9.17) is 0 Å². The average Bonchev–Trinajstić information content (AvgIpc) is 2.82. The quantitative estimate of drug-likeness (QED) is 0.813. The molecule has 1 aliphatic carbocycles. The predicted octanol–water partition coefficient (Wildman–Crippen LogP) is 1.52. The standard InChI is InChI=1S/C10H12N2O3S/c1-5-3-6(5)8(13)12-10-11-4-7(16-10)9(14)15-2/h4-6H,3H2,1-2H3,(H,11,12,13)/t5-,6-/m0/s1. The van der Waals surface area contributed by atoms with Crippen molar-refractivity contribution in [1.29, 1.82) is 0 Å². The number of anilines is 1. The van der Waals surface area contributed by atoms with Crippen LogP contribution in [-0.2, 0) is 9.53 Å². The largest absolute Gasteiger partial charge is 0.465 e. The molecule has 1 saturated carbocycles. The zero-order chi connectivity index (χ0) is 11.7. The maximum absolute atomic E-state index is 11.6. The molecule has 0 spiro atoms. The fourth-order valence-corrected chi connectivity index (χ4v) is 2.15. The lowest BCUT2D eigenvalue weighted by Crippen LogP contribution is -2.14. The molecule has 1 aliphatic rings. The molecule has 16 heavy (non-hydrogen) atoms. The highest BCUT2D eigenvalue weighted by Crippen LogP contribution is 2.38. The van der Waals surface area contributed by atoms with Crippen LogP contribution >= 0.6 is 11.3 Å². The molecule has 86 valence electrons. The SMILES string of the molecule is COC(=O)c1cnc(NC(=O)[C@H]2C[C@@H]2C)s1. The lowest BCUT2D eigenvalue weighted by molar-refractivity contribution is -0.117. The molecule has 0 saturated heterocycles. The van der Waals surface area contributed by atoms with Crippen LogP contribution in [-0.4, -0.2) is 24.0 Å². The van der Waals surface area contributed by atoms with Crippen LogP contribution in [0.15, 0.2) is 6.20 Å². The average molecular weight is 240 g/mol. The van der Waals surface area contributed by atoms with Crippen molar-refractivity contribution in [3.8, 4) is 0 Å². The summed E-state index contributed by atoms with van der Waals surface area (Å²) in [6.45, 7) is 2.03. The van der Waals surface area contributed by atoms with Crippen molar-refractivity contribution < 1.29 is 14.3 Å². The van der Waals surface area contributed by atoms with Gasteiger partial charge in [-0.05, 0) is 12.3 Å². The molecule has 1 fully saturated rings. The van der Waals surface area contributed by atoms with E-state index in [1.165, 1.54) is 13.3 Å². The topological polar surface area (TPSA) is 68.3 Å². The van der Waals surface area contributed by atoms with E-state index in [-0.39, 0.29) is 11.8 Å². The second-order valence-electron chi connectivity index (χ2n) is 3.83. The lowest BCUT2D eigenvalue weighted by atomic mass is 10.3. The summed E-state index contributed by atoms with van der Waals surface area (Å²) in [5, 5.41) is 3.14. The zero-order valence-electron chi connectivity index (χ0n) is 9.02. The van der Waals surface area contributed by atoms with Crippen molar-refractivity contribution in [2.24, 2.45) is 11.8 Å². The second-order valence-corrected chi connectivity index (χ2v) is 4.86. The van der Waals surface area contributed by atoms with Gasteiger partial charge in [-0.15, -0.1) is 0 Å². The molecule has 2 rings (SSSR count). The fourth-order valence-electron chi connectivity index (χ4n) is 1.41. The Morgan fingerprint density at radius 3 is 2.88 bits per heavy atom. The van der Waals surface area contributed by atoms with Gasteiger partial charge in [-0.2, -0.15) is 0 Å². The number of thiazole rings is 1. The smallest absolute Gasteiger partial charge is 0.349 e. The third-order valence-corrected chi connectivity index (χ3v) is 3.46. The predicted molar refractivity (Wildman–Crippen MR) is 59.4 cm³/mol. The number of aromatic nitrogens is 1. The minimum absolute atomic E-state index is 0.0155. The summed E-state index contributed by atoms with van der Waals surface area (Å²) in [6, 6.07) is 0. The third-order valence-electron chi connectivity index (χ3n) is 2.57. The van der Waals surface area contributed by atoms with E-state index in [2.05, 4.69) is 15.0 Å². The number of carbonyl (C=O) groups is 2. The number of amides is 1. The first-order valence-corrected chi connectivity index (χ1v) is 5.78. The van der Waals surface area contributed by atoms with Gasteiger partial charge in [-0.1, -0.05) is 18.3 Å². The molecule has 1 aromatic heterocycles. The Bertz CT molecular complexity index is 429. The van der Waals surface area contributed by atoms with E-state index < -0.39 is 5.97 Å². The van der Waals surface area contributed by atoms with Gasteiger partial charge in [0, 0.05) is 5.92 Å². The Morgan fingerprint density at radius 2 is 2.31 bits per heavy atom. The van der Waals surface area contributed by atoms with Crippen LogP contribution in [0, 0.1) is 11.8 Å². The molecule has 0 aliphatic heterocycles. The van der Waals surface area contributed by atoms with Crippen molar-refractivity contribution in [3.63, 3.8) is 0 Å². The number of esters is 1. The number of hydrogen-bond donors (Lipinski definition) is 1. The van der Waals surface area contributed by atoms with Gasteiger partial charge in [0.2, 0.25) is 5.91 Å². The molecule has 2 atom stereocenters. The molecule has 0 unspecified atom stereocenters. The van der Waals surface area contributed by atoms with Crippen molar-refractivity contribution in [2.75, 3.05) is 12.4 Å². The molecule has 5 nitrogen and oxygen atoms in total. The number of carbonyl (C=O) groups excluding carboxylic acids is 2. The number of methoxy groups -OCH3 is 1. The highest BCUT2D eigenvalue weighted by molar-refractivity contribution is 7.17. The van der Waals surface area contributed by atoms with Gasteiger partial charge in [0.1, 0.15) is 4.88 Å². The van der Waals surface area contributed by atoms with E-state index >= 15 is 0 Å². The zero-order valence-corrected chi connectivity index (χ0v) is 9.84. The van der Waals surface area contributed by atoms with E-state index in [0.29, 0.717) is 15.9 Å². The van der Waals surface area contributed by atoms with E-state index in [0.717, 1.165) is 17.8 Å². The number of nitrogens with one attached hydrogen (secondary N) is 1. The summed E-state index contributed by atoms with van der Waals surface area (Å²) in [4.78, 5) is 27.1. The molecule has 1 aromatic rings. The van der Waals surface area contributed by atoms with Gasteiger partial charge >= 0.3 is 5.97 Å². The van der Waals surface area contributed by atoms with Crippen LogP contribution in [0.3, 0.4) is 0 Å². The number of hydrogen-bond acceptors (Lipinski definition) is 5. The second kappa shape index (κ2) is 4.21. The van der Waals surface area contributed by atoms with E-state index in [9.17, 15) is 9.59 Å². The van der Waals surface area contributed by atoms with Crippen molar-refractivity contribution in [2.45, 2.75) is 13.3 Å². The highest BCUT2D eigenvalue weighted by atomic mass is 32.1. The number of rotatable bonds is 3. The maximum Gasteiger partial charge on any atom is 0.349 e. The Kier molecular flexibility index (Phi) is 2.91. The van der Waals surface area contributed by atoms with E-state index in [1.54, 1.807) is 0 Å². The Balaban J connectivity index is 1.97. The number of nitrogens with zero attached hydrogens (tertiary/aromatic N) is 1. The van der Waals surface area contributed by atoms with Crippen molar-refractivity contribution in [1.82, 2.24) is 4.98 Å². The van der Waals surface area contributed by atoms with Crippen LogP contribution in [0.25, 0.3) is 0 Å². The molecule has 6 heteroatoms. The highest BCUT2D eigenvalue weighted by Gasteiger charge is 2.39. The molecular formula is C10H12N2O3S. The van der Waals surface area contributed by atoms with Crippen molar-refractivity contribution in [3.05, 3.63) is 11.1 Å². The van der Waals surface area contributed by atoms with E-state index in [1.807, 2.05) is 6.92 Å². The van der Waals surface area contributed by atoms with Crippen LogP contribution < -0.4 is 5.32 Å². The molecule has 1 heterocycles. The molecule has 0 radical (unpaired) electrons. The van der Waals surface area contributed by atoms with Gasteiger partial charge in [0.05, 0.1) is 13.3 Å². The Labute approximate surface area is 96.8 Å². The fraction of sp³-hybridized carbons (Fsp3) is 0.500. The summed E-state index contributed by atoms with van der Waals surface area (Å²) >= 11 is 1.12. The lowest BCUT2D eigenvalue weighted by Gasteiger charge is -1.98. The molecule has 1 N–H and O–H groups in total. The van der Waals surface area contributed by atoms with Crippen molar-refractivity contribution >= 4 is 28.3 Å². The monoisotopic (exact) mass is 240 g/mol. The normalized spacial score (nSPS) is 22.6. The van der Waals surface area contributed by atoms with Crippen LogP contribution in [0.1, 0.15) is 23.0 Å². The van der Waals surface area contributed by atoms with Gasteiger partial charge in [-0.3, -0.25) is 4.79 Å². The summed E-state index contributed by atoms with van der Waals surface area (Å²) in [5.41, 5.74) is 0. The van der Waals surface area contributed by atoms with Gasteiger partial charge in [0.15, 0.2) is 5.13 Å². The van der Waals surface area contributed by atoms with Gasteiger partial charge < -0.3 is 10.1 Å². The first-order chi connectivity index (χ1) is 7.61. The molecule has 0 aromatic carbocycles. The van der Waals surface area contributed by atoms with Gasteiger partial charge in [0.25, 0.3) is 0 Å². The minimum Gasteiger partial charge on any atom is -0.465 e. The van der Waals surface area contributed by atoms with Gasteiger partial charge in [-0.25, -0.2) is 9.78 Å². The summed E-state index contributed by atoms with van der Waals surface area (Å²) in [5.74, 6) is 0.113. The Morgan fingerprint density at radius 1 is 1.62 bits per heavy atom.